The van der Waals surface area contributed by atoms with E-state index in [0.717, 1.165) is 15.6 Å². The first kappa shape index (κ1) is 21.5. The molecule has 2 aromatic carbocycles. The minimum absolute atomic E-state index is 0.177. The van der Waals surface area contributed by atoms with Crippen LogP contribution in [-0.4, -0.2) is 51.7 Å². The predicted octanol–water partition coefficient (Wildman–Crippen LogP) is 3.14. The summed E-state index contributed by atoms with van der Waals surface area (Å²) < 4.78 is 37.3. The third kappa shape index (κ3) is 5.23. The number of rotatable bonds is 6. The van der Waals surface area contributed by atoms with E-state index in [1.54, 1.807) is 19.1 Å². The molecule has 7 nitrogen and oxygen atoms in total. The summed E-state index contributed by atoms with van der Waals surface area (Å²) in [6.45, 7) is 2.96. The van der Waals surface area contributed by atoms with Crippen molar-refractivity contribution in [2.75, 3.05) is 38.4 Å². The topological polar surface area (TPSA) is 84.9 Å². The highest BCUT2D eigenvalue weighted by Crippen LogP contribution is 2.34. The van der Waals surface area contributed by atoms with E-state index >= 15 is 0 Å². The summed E-state index contributed by atoms with van der Waals surface area (Å²) in [6, 6.07) is 10.5. The zero-order valence-corrected chi connectivity index (χ0v) is 18.2. The van der Waals surface area contributed by atoms with Crippen LogP contribution in [0.4, 0.5) is 5.69 Å². The molecule has 3 rings (SSSR count). The van der Waals surface area contributed by atoms with E-state index in [1.807, 2.05) is 18.2 Å². The molecule has 1 aliphatic heterocycles. The van der Waals surface area contributed by atoms with Crippen LogP contribution in [-0.2, 0) is 14.8 Å². The minimum Gasteiger partial charge on any atom is -0.490 e. The lowest BCUT2D eigenvalue weighted by Gasteiger charge is -2.15. The van der Waals surface area contributed by atoms with Gasteiger partial charge in [-0.25, -0.2) is 12.7 Å². The van der Waals surface area contributed by atoms with Gasteiger partial charge in [0, 0.05) is 31.1 Å². The van der Waals surface area contributed by atoms with E-state index in [-0.39, 0.29) is 16.6 Å². The maximum atomic E-state index is 12.4. The van der Waals surface area contributed by atoms with Crippen LogP contribution >= 0.6 is 11.8 Å². The summed E-state index contributed by atoms with van der Waals surface area (Å²) in [4.78, 5) is 13.4. The second-order valence-electron chi connectivity index (χ2n) is 6.76. The number of amides is 1. The Labute approximate surface area is 175 Å². The summed E-state index contributed by atoms with van der Waals surface area (Å²) in [6.07, 6.45) is 0.835. The summed E-state index contributed by atoms with van der Waals surface area (Å²) in [5.41, 5.74) is 1.07. The summed E-state index contributed by atoms with van der Waals surface area (Å²) in [5.74, 6) is 1.36. The maximum absolute atomic E-state index is 12.4. The van der Waals surface area contributed by atoms with Crippen molar-refractivity contribution in [3.8, 4) is 11.5 Å². The molecule has 1 N–H and O–H groups in total. The van der Waals surface area contributed by atoms with Crippen molar-refractivity contribution >= 4 is 33.4 Å². The van der Waals surface area contributed by atoms with Gasteiger partial charge in [-0.05, 0) is 42.8 Å². The van der Waals surface area contributed by atoms with Gasteiger partial charge in [-0.2, -0.15) is 0 Å². The van der Waals surface area contributed by atoms with Crippen LogP contribution in [0.5, 0.6) is 11.5 Å². The Morgan fingerprint density at radius 1 is 1.10 bits per heavy atom. The third-order valence-corrected chi connectivity index (χ3v) is 7.27. The Morgan fingerprint density at radius 3 is 2.55 bits per heavy atom. The molecule has 0 bridgehead atoms. The molecule has 0 saturated carbocycles. The second-order valence-corrected chi connectivity index (χ2v) is 9.93. The summed E-state index contributed by atoms with van der Waals surface area (Å²) in [7, 11) is -0.626. The fourth-order valence-corrected chi connectivity index (χ4v) is 4.60. The molecule has 9 heteroatoms. The van der Waals surface area contributed by atoms with E-state index < -0.39 is 10.0 Å². The first-order valence-electron chi connectivity index (χ1n) is 9.13. The number of carbonyl (C=O) groups is 1. The van der Waals surface area contributed by atoms with Gasteiger partial charge < -0.3 is 14.8 Å². The Morgan fingerprint density at radius 2 is 1.83 bits per heavy atom. The molecule has 0 aliphatic carbocycles. The highest BCUT2D eigenvalue weighted by molar-refractivity contribution is 8.00. The lowest BCUT2D eigenvalue weighted by molar-refractivity contribution is -0.113. The maximum Gasteiger partial charge on any atom is 0.242 e. The number of anilines is 1. The average Bonchev–Trinajstić information content (AvgIpc) is 2.92. The summed E-state index contributed by atoms with van der Waals surface area (Å²) in [5, 5.41) is 2.76. The van der Waals surface area contributed by atoms with Crippen molar-refractivity contribution in [3.63, 3.8) is 0 Å². The third-order valence-electron chi connectivity index (χ3n) is 4.32. The molecule has 0 aromatic heterocycles. The first-order valence-corrected chi connectivity index (χ1v) is 11.6. The standard InChI is InChI=1S/C20H24N2O5S2/c1-14-5-6-15(11-19(14)29(24,25)22(2)3)21-20(23)13-28-16-7-8-17-18(12-16)27-10-4-9-26-17/h5-8,11-12H,4,9-10,13H2,1-3H3,(H,21,23). The number of thioether (sulfide) groups is 1. The van der Waals surface area contributed by atoms with Crippen molar-refractivity contribution in [1.29, 1.82) is 0 Å². The zero-order chi connectivity index (χ0) is 21.0. The Hall–Kier alpha value is -2.23. The van der Waals surface area contributed by atoms with Crippen LogP contribution in [0.3, 0.4) is 0 Å². The average molecular weight is 437 g/mol. The lowest BCUT2D eigenvalue weighted by atomic mass is 10.2. The molecule has 0 radical (unpaired) electrons. The van der Waals surface area contributed by atoms with Gasteiger partial charge in [0.15, 0.2) is 11.5 Å². The van der Waals surface area contributed by atoms with Gasteiger partial charge in [0.25, 0.3) is 0 Å². The number of benzene rings is 2. The molecule has 0 saturated heterocycles. The molecule has 2 aromatic rings. The van der Waals surface area contributed by atoms with Gasteiger partial charge in [0.2, 0.25) is 15.9 Å². The fourth-order valence-electron chi connectivity index (χ4n) is 2.73. The smallest absolute Gasteiger partial charge is 0.242 e. The van der Waals surface area contributed by atoms with E-state index in [9.17, 15) is 13.2 Å². The molecule has 156 valence electrons. The van der Waals surface area contributed by atoms with Crippen LogP contribution in [0.2, 0.25) is 0 Å². The molecule has 1 heterocycles. The quantitative estimate of drug-likeness (QED) is 0.701. The van der Waals surface area contributed by atoms with E-state index in [2.05, 4.69) is 5.32 Å². The van der Waals surface area contributed by atoms with Crippen LogP contribution < -0.4 is 14.8 Å². The molecule has 0 atom stereocenters. The number of sulfonamides is 1. The number of aryl methyl sites for hydroxylation is 1. The van der Waals surface area contributed by atoms with Gasteiger partial charge in [0.1, 0.15) is 0 Å². The van der Waals surface area contributed by atoms with E-state index in [1.165, 1.54) is 31.9 Å². The number of nitrogens with one attached hydrogen (secondary N) is 1. The van der Waals surface area contributed by atoms with Gasteiger partial charge in [0.05, 0.1) is 23.9 Å². The molecule has 1 amide bonds. The Kier molecular flexibility index (Phi) is 6.71. The molecule has 1 aliphatic rings. The lowest BCUT2D eigenvalue weighted by Crippen LogP contribution is -2.23. The first-order chi connectivity index (χ1) is 13.8. The fraction of sp³-hybridized carbons (Fsp3) is 0.350. The minimum atomic E-state index is -3.58. The van der Waals surface area contributed by atoms with Gasteiger partial charge >= 0.3 is 0 Å². The Balaban J connectivity index is 1.65. The molecular formula is C20H24N2O5S2. The molecule has 29 heavy (non-hydrogen) atoms. The van der Waals surface area contributed by atoms with E-state index in [4.69, 9.17) is 9.47 Å². The molecule has 0 spiro atoms. The Bertz CT molecular complexity index is 1010. The van der Waals surface area contributed by atoms with Gasteiger partial charge in [-0.15, -0.1) is 11.8 Å². The number of hydrogen-bond donors (Lipinski definition) is 1. The zero-order valence-electron chi connectivity index (χ0n) is 16.6. The molecular weight excluding hydrogens is 412 g/mol. The number of fused-ring (bicyclic) bond motifs is 1. The number of ether oxygens (including phenoxy) is 2. The second kappa shape index (κ2) is 9.06. The number of nitrogens with zero attached hydrogens (tertiary/aromatic N) is 1. The number of hydrogen-bond acceptors (Lipinski definition) is 6. The predicted molar refractivity (Wildman–Crippen MR) is 113 cm³/mol. The monoisotopic (exact) mass is 436 g/mol. The van der Waals surface area contributed by atoms with Crippen LogP contribution in [0.15, 0.2) is 46.2 Å². The van der Waals surface area contributed by atoms with Gasteiger partial charge in [-0.3, -0.25) is 4.79 Å². The van der Waals surface area contributed by atoms with Crippen molar-refractivity contribution < 1.29 is 22.7 Å². The SMILES string of the molecule is Cc1ccc(NC(=O)CSc2ccc3c(c2)OCCCO3)cc1S(=O)(=O)N(C)C. The van der Waals surface area contributed by atoms with E-state index in [0.29, 0.717) is 36.0 Å². The van der Waals surface area contributed by atoms with Crippen molar-refractivity contribution in [2.24, 2.45) is 0 Å². The molecule has 0 fully saturated rings. The van der Waals surface area contributed by atoms with Crippen molar-refractivity contribution in [1.82, 2.24) is 4.31 Å². The highest BCUT2D eigenvalue weighted by atomic mass is 32.2. The van der Waals surface area contributed by atoms with Crippen LogP contribution in [0.25, 0.3) is 0 Å². The van der Waals surface area contributed by atoms with Crippen molar-refractivity contribution in [2.45, 2.75) is 23.1 Å². The highest BCUT2D eigenvalue weighted by Gasteiger charge is 2.20. The van der Waals surface area contributed by atoms with Gasteiger partial charge in [-0.1, -0.05) is 6.07 Å². The summed E-state index contributed by atoms with van der Waals surface area (Å²) >= 11 is 1.37. The van der Waals surface area contributed by atoms with Crippen LogP contribution in [0, 0.1) is 6.92 Å². The molecule has 0 unspecified atom stereocenters. The van der Waals surface area contributed by atoms with Crippen molar-refractivity contribution in [3.05, 3.63) is 42.0 Å². The number of carbonyl (C=O) groups excluding carboxylic acids is 1. The normalized spacial score (nSPS) is 13.8. The van der Waals surface area contributed by atoms with Crippen LogP contribution in [0.1, 0.15) is 12.0 Å². The largest absolute Gasteiger partial charge is 0.490 e.